The molecule has 0 unspecified atom stereocenters. The van der Waals surface area contributed by atoms with Crippen molar-refractivity contribution in [2.75, 3.05) is 20.1 Å². The highest BCUT2D eigenvalue weighted by Gasteiger charge is 2.23. The van der Waals surface area contributed by atoms with E-state index in [0.717, 1.165) is 28.5 Å². The van der Waals surface area contributed by atoms with Crippen LogP contribution in [0.15, 0.2) is 58.7 Å². The molecule has 2 N–H and O–H groups in total. The van der Waals surface area contributed by atoms with Gasteiger partial charge in [-0.1, -0.05) is 24.3 Å². The van der Waals surface area contributed by atoms with Crippen LogP contribution in [0.25, 0.3) is 11.1 Å². The van der Waals surface area contributed by atoms with E-state index in [4.69, 9.17) is 5.73 Å². The molecule has 0 bridgehead atoms. The zero-order valence-electron chi connectivity index (χ0n) is 16.0. The monoisotopic (exact) mass is 383 g/mol. The first-order valence-electron chi connectivity index (χ1n) is 9.12. The van der Waals surface area contributed by atoms with Gasteiger partial charge < -0.3 is 10.6 Å². The van der Waals surface area contributed by atoms with E-state index >= 15 is 0 Å². The third kappa shape index (κ3) is 4.44. The summed E-state index contributed by atoms with van der Waals surface area (Å²) < 4.78 is 26.9. The Kier molecular flexibility index (Phi) is 5.87. The van der Waals surface area contributed by atoms with Gasteiger partial charge in [-0.25, -0.2) is 8.78 Å². The first-order valence-corrected chi connectivity index (χ1v) is 9.12. The summed E-state index contributed by atoms with van der Waals surface area (Å²) in [7, 11) is 1.74. The normalized spacial score (nSPS) is 17.7. The molecule has 3 rings (SSSR count). The number of benzene rings is 2. The average molecular weight is 383 g/mol. The molecule has 1 aliphatic heterocycles. The number of nitrogens with zero attached hydrogens (tertiary/aromatic N) is 2. The number of halogens is 2. The number of carbonyl (C=O) groups excluding carboxylic acids is 1. The molecule has 2 aromatic carbocycles. The molecule has 1 amide bonds. The predicted molar refractivity (Wildman–Crippen MR) is 107 cm³/mol. The van der Waals surface area contributed by atoms with Gasteiger partial charge in [0.05, 0.1) is 0 Å². The van der Waals surface area contributed by atoms with E-state index in [-0.39, 0.29) is 5.91 Å². The van der Waals surface area contributed by atoms with Crippen LogP contribution in [-0.4, -0.2) is 36.7 Å². The number of rotatable bonds is 3. The second kappa shape index (κ2) is 8.33. The third-order valence-electron chi connectivity index (χ3n) is 4.96. The van der Waals surface area contributed by atoms with Crippen LogP contribution in [0.5, 0.6) is 0 Å². The Morgan fingerprint density at radius 2 is 1.75 bits per heavy atom. The van der Waals surface area contributed by atoms with E-state index in [0.29, 0.717) is 37.2 Å². The van der Waals surface area contributed by atoms with Crippen molar-refractivity contribution >= 4 is 11.6 Å². The van der Waals surface area contributed by atoms with Gasteiger partial charge in [-0.15, -0.1) is 0 Å². The number of piperidine rings is 1. The topological polar surface area (TPSA) is 58.7 Å². The molecule has 4 nitrogen and oxygen atoms in total. The number of aliphatic imine (C=N–C) groups is 1. The minimum Gasteiger partial charge on any atom is -0.401 e. The Bertz CT molecular complexity index is 929. The van der Waals surface area contributed by atoms with Gasteiger partial charge in [-0.2, -0.15) is 0 Å². The van der Waals surface area contributed by atoms with Crippen molar-refractivity contribution in [2.45, 2.75) is 19.8 Å². The van der Waals surface area contributed by atoms with E-state index in [1.165, 1.54) is 12.1 Å². The van der Waals surface area contributed by atoms with Crippen molar-refractivity contribution in [2.24, 2.45) is 10.7 Å². The molecule has 6 heteroatoms. The highest BCUT2D eigenvalue weighted by Crippen LogP contribution is 2.23. The van der Waals surface area contributed by atoms with E-state index in [2.05, 4.69) is 4.99 Å². The number of hydrogen-bond donors (Lipinski definition) is 1. The molecule has 146 valence electrons. The molecule has 1 fully saturated rings. The molecule has 1 aliphatic rings. The van der Waals surface area contributed by atoms with Crippen LogP contribution in [0.3, 0.4) is 0 Å². The minimum atomic E-state index is -0.605. The highest BCUT2D eigenvalue weighted by molar-refractivity contribution is 6.02. The maximum Gasteiger partial charge on any atom is 0.219 e. The Labute approximate surface area is 163 Å². The van der Waals surface area contributed by atoms with Crippen LogP contribution in [0, 0.1) is 11.6 Å². The lowest BCUT2D eigenvalue weighted by atomic mass is 9.96. The summed E-state index contributed by atoms with van der Waals surface area (Å²) in [6.07, 6.45) is 1.20. The first kappa shape index (κ1) is 19.7. The number of amides is 1. The molecule has 0 spiro atoms. The van der Waals surface area contributed by atoms with Crippen LogP contribution in [-0.2, 0) is 11.2 Å². The number of nitrogens with two attached hydrogens (primary N) is 1. The van der Waals surface area contributed by atoms with Crippen molar-refractivity contribution in [3.63, 3.8) is 0 Å². The SMILES string of the molecule is CN=C1CCN(C(C)=O)CC1=C(N)Cc1ccc(-c2cc(F)cc(F)c2)cc1. The van der Waals surface area contributed by atoms with Crippen molar-refractivity contribution in [3.05, 3.63) is 70.9 Å². The van der Waals surface area contributed by atoms with Gasteiger partial charge in [0.25, 0.3) is 0 Å². The standard InChI is InChI=1S/C22H23F2N3O/c1-14(28)27-8-7-22(26-2)20(13-27)21(25)9-15-3-5-16(6-4-15)17-10-18(23)12-19(24)11-17/h3-6,10-12H,7-9,13,25H2,1-2H3. The summed E-state index contributed by atoms with van der Waals surface area (Å²) in [4.78, 5) is 17.8. The van der Waals surface area contributed by atoms with Crippen LogP contribution in [0.1, 0.15) is 18.9 Å². The van der Waals surface area contributed by atoms with Crippen molar-refractivity contribution in [3.8, 4) is 11.1 Å². The molecule has 0 aromatic heterocycles. The summed E-state index contributed by atoms with van der Waals surface area (Å²) in [6, 6.07) is 10.9. The van der Waals surface area contributed by atoms with Gasteiger partial charge in [-0.05, 0) is 28.8 Å². The first-order chi connectivity index (χ1) is 13.4. The lowest BCUT2D eigenvalue weighted by Crippen LogP contribution is -2.40. The fourth-order valence-corrected chi connectivity index (χ4v) is 3.42. The van der Waals surface area contributed by atoms with E-state index in [1.54, 1.807) is 18.9 Å². The van der Waals surface area contributed by atoms with Gasteiger partial charge >= 0.3 is 0 Å². The second-order valence-corrected chi connectivity index (χ2v) is 6.90. The zero-order chi connectivity index (χ0) is 20.3. The smallest absolute Gasteiger partial charge is 0.219 e. The van der Waals surface area contributed by atoms with Gasteiger partial charge in [0.1, 0.15) is 11.6 Å². The van der Waals surface area contributed by atoms with Crippen LogP contribution in [0.4, 0.5) is 8.78 Å². The fourth-order valence-electron chi connectivity index (χ4n) is 3.42. The zero-order valence-corrected chi connectivity index (χ0v) is 16.0. The molecule has 2 aromatic rings. The summed E-state index contributed by atoms with van der Waals surface area (Å²) in [5, 5.41) is 0. The number of allylic oxidation sites excluding steroid dienone is 1. The largest absolute Gasteiger partial charge is 0.401 e. The predicted octanol–water partition coefficient (Wildman–Crippen LogP) is 3.71. The molecular weight excluding hydrogens is 360 g/mol. The molecule has 0 saturated carbocycles. The van der Waals surface area contributed by atoms with E-state index in [1.807, 2.05) is 24.3 Å². The summed E-state index contributed by atoms with van der Waals surface area (Å²) >= 11 is 0. The second-order valence-electron chi connectivity index (χ2n) is 6.90. The quantitative estimate of drug-likeness (QED) is 0.878. The highest BCUT2D eigenvalue weighted by atomic mass is 19.1. The number of carbonyl (C=O) groups is 1. The molecule has 28 heavy (non-hydrogen) atoms. The molecule has 0 aliphatic carbocycles. The molecule has 0 radical (unpaired) electrons. The fraction of sp³-hybridized carbons (Fsp3) is 0.273. The Balaban J connectivity index is 1.82. The van der Waals surface area contributed by atoms with Crippen molar-refractivity contribution in [1.82, 2.24) is 4.90 Å². The Morgan fingerprint density at radius 1 is 1.11 bits per heavy atom. The summed E-state index contributed by atoms with van der Waals surface area (Å²) in [5.74, 6) is -1.19. The number of hydrogen-bond acceptors (Lipinski definition) is 3. The Hall–Kier alpha value is -3.02. The van der Waals surface area contributed by atoms with Gasteiger partial charge in [0.2, 0.25) is 5.91 Å². The van der Waals surface area contributed by atoms with Crippen LogP contribution >= 0.6 is 0 Å². The van der Waals surface area contributed by atoms with Gasteiger partial charge in [0.15, 0.2) is 0 Å². The number of likely N-dealkylation sites (tertiary alicyclic amines) is 1. The van der Waals surface area contributed by atoms with Crippen molar-refractivity contribution < 1.29 is 13.6 Å². The maximum absolute atomic E-state index is 13.4. The Morgan fingerprint density at radius 3 is 2.32 bits per heavy atom. The molecular formula is C22H23F2N3O. The maximum atomic E-state index is 13.4. The third-order valence-corrected chi connectivity index (χ3v) is 4.96. The van der Waals surface area contributed by atoms with Gasteiger partial charge in [-0.3, -0.25) is 9.79 Å². The average Bonchev–Trinajstić information content (AvgIpc) is 2.67. The molecule has 0 atom stereocenters. The lowest BCUT2D eigenvalue weighted by Gasteiger charge is -2.30. The molecule has 1 heterocycles. The minimum absolute atomic E-state index is 0.0205. The molecule has 1 saturated heterocycles. The summed E-state index contributed by atoms with van der Waals surface area (Å²) in [5.41, 5.74) is 11.1. The van der Waals surface area contributed by atoms with E-state index in [9.17, 15) is 13.6 Å². The lowest BCUT2D eigenvalue weighted by molar-refractivity contribution is -0.128. The van der Waals surface area contributed by atoms with Crippen LogP contribution in [0.2, 0.25) is 0 Å². The van der Waals surface area contributed by atoms with Gasteiger partial charge in [0, 0.05) is 63.0 Å². The van der Waals surface area contributed by atoms with Crippen molar-refractivity contribution in [1.29, 1.82) is 0 Å². The summed E-state index contributed by atoms with van der Waals surface area (Å²) in [6.45, 7) is 2.67. The van der Waals surface area contributed by atoms with Crippen LogP contribution < -0.4 is 5.73 Å². The van der Waals surface area contributed by atoms with E-state index < -0.39 is 11.6 Å².